The molecule has 1 saturated heterocycles. The molecule has 112 valence electrons. The summed E-state index contributed by atoms with van der Waals surface area (Å²) < 4.78 is 0. The molecule has 1 aliphatic rings. The van der Waals surface area contributed by atoms with E-state index in [0.717, 1.165) is 30.5 Å². The van der Waals surface area contributed by atoms with Gasteiger partial charge in [-0.1, -0.05) is 44.0 Å². The van der Waals surface area contributed by atoms with Crippen LogP contribution in [-0.2, 0) is 0 Å². The number of nitrogens with zero attached hydrogens (tertiary/aromatic N) is 1. The Kier molecular flexibility index (Phi) is 5.88. The predicted octanol–water partition coefficient (Wildman–Crippen LogP) is 4.24. The monoisotopic (exact) mass is 294 g/mol. The molecule has 20 heavy (non-hydrogen) atoms. The Labute approximate surface area is 128 Å². The second kappa shape index (κ2) is 7.44. The van der Waals surface area contributed by atoms with E-state index in [1.54, 1.807) is 0 Å². The maximum Gasteiger partial charge on any atom is 0.0499 e. The third-order valence-corrected chi connectivity index (χ3v) is 4.92. The number of hydrogen-bond donors (Lipinski definition) is 1. The van der Waals surface area contributed by atoms with Crippen LogP contribution < -0.4 is 5.73 Å². The number of piperidine rings is 1. The van der Waals surface area contributed by atoms with Crippen molar-refractivity contribution in [1.82, 2.24) is 4.90 Å². The molecule has 2 atom stereocenters. The van der Waals surface area contributed by atoms with E-state index in [4.69, 9.17) is 17.3 Å². The Morgan fingerprint density at radius 2 is 2.00 bits per heavy atom. The highest BCUT2D eigenvalue weighted by atomic mass is 35.5. The van der Waals surface area contributed by atoms with Gasteiger partial charge in [-0.15, -0.1) is 0 Å². The maximum atomic E-state index is 6.41. The Morgan fingerprint density at radius 1 is 1.30 bits per heavy atom. The average Bonchev–Trinajstić information content (AvgIpc) is 2.48. The molecule has 0 amide bonds. The summed E-state index contributed by atoms with van der Waals surface area (Å²) in [5.41, 5.74) is 7.68. The van der Waals surface area contributed by atoms with Gasteiger partial charge in [0.2, 0.25) is 0 Å². The SMILES string of the molecule is CCC1CCN(C(c2cccc(Cl)c2)C(N)CC)CC1. The van der Waals surface area contributed by atoms with Crippen molar-refractivity contribution < 1.29 is 0 Å². The van der Waals surface area contributed by atoms with E-state index in [1.807, 2.05) is 12.1 Å². The van der Waals surface area contributed by atoms with Gasteiger partial charge in [-0.3, -0.25) is 4.90 Å². The highest BCUT2D eigenvalue weighted by Gasteiger charge is 2.29. The molecule has 2 unspecified atom stereocenters. The van der Waals surface area contributed by atoms with Crippen LogP contribution in [0, 0.1) is 5.92 Å². The molecule has 0 spiro atoms. The second-order valence-corrected chi connectivity index (χ2v) is 6.40. The Morgan fingerprint density at radius 3 is 2.55 bits per heavy atom. The maximum absolute atomic E-state index is 6.41. The second-order valence-electron chi connectivity index (χ2n) is 5.96. The first kappa shape index (κ1) is 15.8. The van der Waals surface area contributed by atoms with Crippen molar-refractivity contribution in [2.75, 3.05) is 13.1 Å². The zero-order valence-corrected chi connectivity index (χ0v) is 13.4. The number of nitrogens with two attached hydrogens (primary N) is 1. The number of likely N-dealkylation sites (tertiary alicyclic amines) is 1. The molecule has 2 rings (SSSR count). The molecule has 1 aromatic rings. The van der Waals surface area contributed by atoms with E-state index < -0.39 is 0 Å². The highest BCUT2D eigenvalue weighted by molar-refractivity contribution is 6.30. The molecular formula is C17H27ClN2. The van der Waals surface area contributed by atoms with Gasteiger partial charge >= 0.3 is 0 Å². The summed E-state index contributed by atoms with van der Waals surface area (Å²) in [5.74, 6) is 0.893. The van der Waals surface area contributed by atoms with Gasteiger partial charge in [0.1, 0.15) is 0 Å². The normalized spacial score (nSPS) is 20.8. The van der Waals surface area contributed by atoms with Gasteiger partial charge in [0, 0.05) is 17.1 Å². The van der Waals surface area contributed by atoms with Crippen LogP contribution in [-0.4, -0.2) is 24.0 Å². The number of benzene rings is 1. The van der Waals surface area contributed by atoms with Gasteiger partial charge < -0.3 is 5.73 Å². The quantitative estimate of drug-likeness (QED) is 0.880. The van der Waals surface area contributed by atoms with Crippen molar-refractivity contribution >= 4 is 11.6 Å². The van der Waals surface area contributed by atoms with E-state index in [2.05, 4.69) is 30.9 Å². The summed E-state index contributed by atoms with van der Waals surface area (Å²) in [6.07, 6.45) is 4.88. The minimum atomic E-state index is 0.173. The lowest BCUT2D eigenvalue weighted by molar-refractivity contribution is 0.113. The van der Waals surface area contributed by atoms with Gasteiger partial charge in [-0.2, -0.15) is 0 Å². The molecule has 1 fully saturated rings. The molecule has 0 saturated carbocycles. The Bertz CT molecular complexity index is 413. The van der Waals surface area contributed by atoms with Crippen LogP contribution in [0.3, 0.4) is 0 Å². The molecule has 0 aliphatic carbocycles. The molecule has 0 bridgehead atoms. The van der Waals surface area contributed by atoms with Crippen molar-refractivity contribution in [1.29, 1.82) is 0 Å². The van der Waals surface area contributed by atoms with Crippen LogP contribution >= 0.6 is 11.6 Å². The van der Waals surface area contributed by atoms with Crippen molar-refractivity contribution in [3.8, 4) is 0 Å². The molecule has 3 heteroatoms. The Balaban J connectivity index is 2.16. The predicted molar refractivity (Wildman–Crippen MR) is 87.0 cm³/mol. The highest BCUT2D eigenvalue weighted by Crippen LogP contribution is 2.31. The summed E-state index contributed by atoms with van der Waals surface area (Å²) in [7, 11) is 0. The van der Waals surface area contributed by atoms with Crippen LogP contribution in [0.15, 0.2) is 24.3 Å². The lowest BCUT2D eigenvalue weighted by Gasteiger charge is -2.40. The lowest BCUT2D eigenvalue weighted by atomic mass is 9.90. The first-order valence-corrected chi connectivity index (χ1v) is 8.28. The average molecular weight is 295 g/mol. The first-order valence-electron chi connectivity index (χ1n) is 7.90. The summed E-state index contributed by atoms with van der Waals surface area (Å²) in [6, 6.07) is 8.68. The summed E-state index contributed by atoms with van der Waals surface area (Å²) in [6.45, 7) is 6.78. The number of hydrogen-bond acceptors (Lipinski definition) is 2. The van der Waals surface area contributed by atoms with Crippen LogP contribution in [0.5, 0.6) is 0 Å². The summed E-state index contributed by atoms with van der Waals surface area (Å²) in [5, 5.41) is 0.805. The van der Waals surface area contributed by atoms with Crippen molar-refractivity contribution in [3.05, 3.63) is 34.9 Å². The smallest absolute Gasteiger partial charge is 0.0499 e. The van der Waals surface area contributed by atoms with Crippen molar-refractivity contribution in [2.24, 2.45) is 11.7 Å². The third kappa shape index (κ3) is 3.75. The number of halogens is 1. The lowest BCUT2D eigenvalue weighted by Crippen LogP contribution is -2.44. The van der Waals surface area contributed by atoms with Crippen molar-refractivity contribution in [3.63, 3.8) is 0 Å². The van der Waals surface area contributed by atoms with E-state index >= 15 is 0 Å². The number of rotatable bonds is 5. The van der Waals surface area contributed by atoms with Crippen LogP contribution in [0.1, 0.15) is 51.1 Å². The summed E-state index contributed by atoms with van der Waals surface area (Å²) >= 11 is 6.16. The fourth-order valence-corrected chi connectivity index (χ4v) is 3.48. The fourth-order valence-electron chi connectivity index (χ4n) is 3.28. The molecular weight excluding hydrogens is 268 g/mol. The van der Waals surface area contributed by atoms with Gasteiger partial charge in [0.25, 0.3) is 0 Å². The summed E-state index contributed by atoms with van der Waals surface area (Å²) in [4.78, 5) is 2.56. The van der Waals surface area contributed by atoms with E-state index in [-0.39, 0.29) is 6.04 Å². The van der Waals surface area contributed by atoms with Crippen LogP contribution in [0.4, 0.5) is 0 Å². The van der Waals surface area contributed by atoms with E-state index in [9.17, 15) is 0 Å². The first-order chi connectivity index (χ1) is 9.65. The van der Waals surface area contributed by atoms with Crippen molar-refractivity contribution in [2.45, 2.75) is 51.6 Å². The van der Waals surface area contributed by atoms with Crippen LogP contribution in [0.25, 0.3) is 0 Å². The topological polar surface area (TPSA) is 29.3 Å². The molecule has 2 N–H and O–H groups in total. The third-order valence-electron chi connectivity index (χ3n) is 4.69. The van der Waals surface area contributed by atoms with E-state index in [1.165, 1.54) is 24.8 Å². The molecule has 1 aromatic carbocycles. The Hall–Kier alpha value is -0.570. The van der Waals surface area contributed by atoms with Gasteiger partial charge in [-0.25, -0.2) is 0 Å². The van der Waals surface area contributed by atoms with Gasteiger partial charge in [0.15, 0.2) is 0 Å². The van der Waals surface area contributed by atoms with Crippen LogP contribution in [0.2, 0.25) is 5.02 Å². The zero-order chi connectivity index (χ0) is 14.5. The minimum Gasteiger partial charge on any atom is -0.326 e. The fraction of sp³-hybridized carbons (Fsp3) is 0.647. The molecule has 0 radical (unpaired) electrons. The molecule has 0 aromatic heterocycles. The van der Waals surface area contributed by atoms with Gasteiger partial charge in [-0.05, 0) is 56.0 Å². The van der Waals surface area contributed by atoms with E-state index in [0.29, 0.717) is 6.04 Å². The zero-order valence-electron chi connectivity index (χ0n) is 12.7. The molecule has 1 heterocycles. The molecule has 1 aliphatic heterocycles. The van der Waals surface area contributed by atoms with Gasteiger partial charge in [0.05, 0.1) is 0 Å². The minimum absolute atomic E-state index is 0.173. The largest absolute Gasteiger partial charge is 0.326 e. The molecule has 2 nitrogen and oxygen atoms in total. The standard InChI is InChI=1S/C17H27ClN2/c1-3-13-8-10-20(11-9-13)17(16(19)4-2)14-6-5-7-15(18)12-14/h5-7,12-13,16-17H,3-4,8-11,19H2,1-2H3.